The molecular weight excluding hydrogens is 205 g/mol. The number of hydrogen-bond donors (Lipinski definition) is 1. The van der Waals surface area contributed by atoms with E-state index in [1.165, 1.54) is 12.3 Å². The molecule has 1 aromatic heterocycles. The molecule has 1 heterocycles. The van der Waals surface area contributed by atoms with Crippen molar-refractivity contribution in [2.45, 2.75) is 32.0 Å². The lowest BCUT2D eigenvalue weighted by Gasteiger charge is -2.20. The first-order valence-corrected chi connectivity index (χ1v) is 4.50. The number of rotatable bonds is 2. The molecule has 2 nitrogen and oxygen atoms in total. The van der Waals surface area contributed by atoms with Gasteiger partial charge in [-0.25, -0.2) is 0 Å². The monoisotopic (exact) mass is 218 g/mol. The summed E-state index contributed by atoms with van der Waals surface area (Å²) < 4.78 is 37.6. The maximum Gasteiger partial charge on any atom is 0.418 e. The molecule has 0 aliphatic rings. The van der Waals surface area contributed by atoms with Crippen molar-refractivity contribution in [1.29, 1.82) is 0 Å². The normalized spacial score (nSPS) is 12.9. The molecule has 0 spiro atoms. The second-order valence-electron chi connectivity index (χ2n) is 4.16. The molecule has 0 aliphatic heterocycles. The Morgan fingerprint density at radius 2 is 1.93 bits per heavy atom. The van der Waals surface area contributed by atoms with Crippen LogP contribution in [0.15, 0.2) is 18.3 Å². The molecular formula is C10H13F3N2. The number of halogens is 3. The molecule has 0 saturated heterocycles. The summed E-state index contributed by atoms with van der Waals surface area (Å²) in [5.41, 5.74) is 4.26. The minimum Gasteiger partial charge on any atom is -0.325 e. The predicted molar refractivity (Wildman–Crippen MR) is 51.2 cm³/mol. The number of nitrogens with zero attached hydrogens (tertiary/aromatic N) is 1. The molecule has 0 fully saturated rings. The van der Waals surface area contributed by atoms with Crippen molar-refractivity contribution in [2.75, 3.05) is 0 Å². The Morgan fingerprint density at radius 1 is 1.33 bits per heavy atom. The van der Waals surface area contributed by atoms with Crippen molar-refractivity contribution in [3.63, 3.8) is 0 Å². The van der Waals surface area contributed by atoms with E-state index in [0.717, 1.165) is 6.07 Å². The summed E-state index contributed by atoms with van der Waals surface area (Å²) in [5.74, 6) is 0. The molecule has 5 heteroatoms. The Kier molecular flexibility index (Phi) is 3.04. The molecule has 0 bridgehead atoms. The van der Waals surface area contributed by atoms with Crippen LogP contribution in [0.4, 0.5) is 13.2 Å². The van der Waals surface area contributed by atoms with Crippen LogP contribution in [0.25, 0.3) is 0 Å². The second kappa shape index (κ2) is 3.81. The Balaban J connectivity index is 3.08. The summed E-state index contributed by atoms with van der Waals surface area (Å²) in [6, 6.07) is 2.30. The maximum absolute atomic E-state index is 12.5. The molecule has 2 N–H and O–H groups in total. The van der Waals surface area contributed by atoms with Gasteiger partial charge in [0.1, 0.15) is 0 Å². The number of hydrogen-bond acceptors (Lipinski definition) is 2. The van der Waals surface area contributed by atoms with Gasteiger partial charge in [0.25, 0.3) is 0 Å². The minimum absolute atomic E-state index is 0.00231. The van der Waals surface area contributed by atoms with Crippen molar-refractivity contribution in [3.05, 3.63) is 29.6 Å². The lowest BCUT2D eigenvalue weighted by atomic mass is 9.97. The van der Waals surface area contributed by atoms with Crippen LogP contribution in [0.3, 0.4) is 0 Å². The molecule has 0 aromatic carbocycles. The highest BCUT2D eigenvalue weighted by molar-refractivity contribution is 5.24. The van der Waals surface area contributed by atoms with Crippen LogP contribution in [0.2, 0.25) is 0 Å². The highest BCUT2D eigenvalue weighted by atomic mass is 19.4. The lowest BCUT2D eigenvalue weighted by Crippen LogP contribution is -2.35. The largest absolute Gasteiger partial charge is 0.418 e. The van der Waals surface area contributed by atoms with Gasteiger partial charge in [-0.05, 0) is 26.0 Å². The average Bonchev–Trinajstić information content (AvgIpc) is 1.99. The van der Waals surface area contributed by atoms with E-state index < -0.39 is 17.3 Å². The zero-order valence-electron chi connectivity index (χ0n) is 8.60. The Bertz CT molecular complexity index is 339. The van der Waals surface area contributed by atoms with Crippen LogP contribution < -0.4 is 5.73 Å². The van der Waals surface area contributed by atoms with Gasteiger partial charge in [-0.1, -0.05) is 0 Å². The fourth-order valence-electron chi connectivity index (χ4n) is 1.27. The molecule has 0 saturated carbocycles. The van der Waals surface area contributed by atoms with E-state index >= 15 is 0 Å². The fourth-order valence-corrected chi connectivity index (χ4v) is 1.27. The fraction of sp³-hybridized carbons (Fsp3) is 0.500. The SMILES string of the molecule is CC(C)(N)Cc1ncccc1C(F)(F)F. The zero-order valence-corrected chi connectivity index (χ0v) is 8.60. The summed E-state index contributed by atoms with van der Waals surface area (Å²) in [5, 5.41) is 0. The van der Waals surface area contributed by atoms with Crippen molar-refractivity contribution < 1.29 is 13.2 Å². The van der Waals surface area contributed by atoms with E-state index in [9.17, 15) is 13.2 Å². The smallest absolute Gasteiger partial charge is 0.325 e. The van der Waals surface area contributed by atoms with E-state index in [1.54, 1.807) is 13.8 Å². The van der Waals surface area contributed by atoms with Crippen LogP contribution in [0.1, 0.15) is 25.1 Å². The average molecular weight is 218 g/mol. The minimum atomic E-state index is -4.37. The summed E-state index contributed by atoms with van der Waals surface area (Å²) in [6.07, 6.45) is -2.92. The third-order valence-electron chi connectivity index (χ3n) is 1.82. The van der Waals surface area contributed by atoms with Gasteiger partial charge in [0.05, 0.1) is 11.3 Å². The third-order valence-corrected chi connectivity index (χ3v) is 1.82. The van der Waals surface area contributed by atoms with E-state index in [4.69, 9.17) is 5.73 Å². The van der Waals surface area contributed by atoms with Gasteiger partial charge in [0, 0.05) is 18.2 Å². The highest BCUT2D eigenvalue weighted by Gasteiger charge is 2.34. The molecule has 0 atom stereocenters. The van der Waals surface area contributed by atoms with Gasteiger partial charge in [-0.2, -0.15) is 13.2 Å². The van der Waals surface area contributed by atoms with E-state index in [0.29, 0.717) is 0 Å². The Labute approximate surface area is 86.3 Å². The van der Waals surface area contributed by atoms with Gasteiger partial charge in [0.15, 0.2) is 0 Å². The van der Waals surface area contributed by atoms with Gasteiger partial charge < -0.3 is 5.73 Å². The molecule has 0 amide bonds. The molecule has 0 radical (unpaired) electrons. The van der Waals surface area contributed by atoms with E-state index in [2.05, 4.69) is 4.98 Å². The number of alkyl halides is 3. The topological polar surface area (TPSA) is 38.9 Å². The summed E-state index contributed by atoms with van der Waals surface area (Å²) in [6.45, 7) is 3.34. The quantitative estimate of drug-likeness (QED) is 0.827. The second-order valence-corrected chi connectivity index (χ2v) is 4.16. The summed E-state index contributed by atoms with van der Waals surface area (Å²) in [4.78, 5) is 3.73. The van der Waals surface area contributed by atoms with E-state index in [1.807, 2.05) is 0 Å². The van der Waals surface area contributed by atoms with Crippen LogP contribution in [-0.2, 0) is 12.6 Å². The molecule has 15 heavy (non-hydrogen) atoms. The van der Waals surface area contributed by atoms with E-state index in [-0.39, 0.29) is 12.1 Å². The van der Waals surface area contributed by atoms with Crippen LogP contribution in [0.5, 0.6) is 0 Å². The number of pyridine rings is 1. The maximum atomic E-state index is 12.5. The van der Waals surface area contributed by atoms with Gasteiger partial charge >= 0.3 is 6.18 Å². The number of nitrogens with two attached hydrogens (primary N) is 1. The predicted octanol–water partition coefficient (Wildman–Crippen LogP) is 2.38. The van der Waals surface area contributed by atoms with Crippen LogP contribution >= 0.6 is 0 Å². The summed E-state index contributed by atoms with van der Waals surface area (Å²) >= 11 is 0. The standard InChI is InChI=1S/C10H13F3N2/c1-9(2,14)6-8-7(10(11,12)13)4-3-5-15-8/h3-5H,6,14H2,1-2H3. The first-order valence-electron chi connectivity index (χ1n) is 4.50. The summed E-state index contributed by atoms with van der Waals surface area (Å²) in [7, 11) is 0. The molecule has 0 unspecified atom stereocenters. The van der Waals surface area contributed by atoms with Crippen molar-refractivity contribution >= 4 is 0 Å². The first-order chi connectivity index (χ1) is 6.70. The van der Waals surface area contributed by atoms with Crippen molar-refractivity contribution in [2.24, 2.45) is 5.73 Å². The number of aromatic nitrogens is 1. The lowest BCUT2D eigenvalue weighted by molar-refractivity contribution is -0.138. The Morgan fingerprint density at radius 3 is 2.40 bits per heavy atom. The Hall–Kier alpha value is -1.10. The molecule has 1 aromatic rings. The highest BCUT2D eigenvalue weighted by Crippen LogP contribution is 2.31. The molecule has 0 aliphatic carbocycles. The molecule has 1 rings (SSSR count). The van der Waals surface area contributed by atoms with Crippen molar-refractivity contribution in [1.82, 2.24) is 4.98 Å². The van der Waals surface area contributed by atoms with Crippen LogP contribution in [-0.4, -0.2) is 10.5 Å². The van der Waals surface area contributed by atoms with Crippen LogP contribution in [0, 0.1) is 0 Å². The van der Waals surface area contributed by atoms with Gasteiger partial charge in [-0.15, -0.1) is 0 Å². The molecule has 84 valence electrons. The zero-order chi connectivity index (χ0) is 11.7. The van der Waals surface area contributed by atoms with Gasteiger partial charge in [-0.3, -0.25) is 4.98 Å². The third kappa shape index (κ3) is 3.51. The first kappa shape index (κ1) is 12.0. The van der Waals surface area contributed by atoms with Gasteiger partial charge in [0.2, 0.25) is 0 Å². The van der Waals surface area contributed by atoms with Crippen molar-refractivity contribution in [3.8, 4) is 0 Å².